The predicted molar refractivity (Wildman–Crippen MR) is 112 cm³/mol. The van der Waals surface area contributed by atoms with Crippen molar-refractivity contribution in [3.8, 4) is 0 Å². The van der Waals surface area contributed by atoms with Crippen molar-refractivity contribution in [1.29, 1.82) is 0 Å². The number of carbonyl (C=O) groups excluding carboxylic acids is 2. The van der Waals surface area contributed by atoms with Crippen molar-refractivity contribution in [1.82, 2.24) is 9.97 Å². The maximum absolute atomic E-state index is 12.9. The summed E-state index contributed by atoms with van der Waals surface area (Å²) in [6.45, 7) is 4.77. The second kappa shape index (κ2) is 8.64. The van der Waals surface area contributed by atoms with E-state index in [0.29, 0.717) is 26.6 Å². The van der Waals surface area contributed by atoms with Gasteiger partial charge in [-0.1, -0.05) is 23.4 Å². The lowest BCUT2D eigenvalue weighted by molar-refractivity contribution is -0.254. The number of hydrogen-bond donors (Lipinski definition) is 1. The maximum atomic E-state index is 12.9. The molecule has 0 bridgehead atoms. The fourth-order valence-corrected chi connectivity index (χ4v) is 5.08. The monoisotopic (exact) mass is 488 g/mol. The van der Waals surface area contributed by atoms with Gasteiger partial charge in [0.25, 0.3) is 0 Å². The zero-order chi connectivity index (χ0) is 23.1. The van der Waals surface area contributed by atoms with Gasteiger partial charge in [0.1, 0.15) is 15.7 Å². The normalized spacial score (nSPS) is 12.7. The number of fused-ring (bicyclic) bond motifs is 1. The summed E-state index contributed by atoms with van der Waals surface area (Å²) in [5, 5.41) is 13.8. The topological polar surface area (TPSA) is 95.0 Å². The summed E-state index contributed by atoms with van der Waals surface area (Å²) in [5.74, 6) is -1.54. The SMILES string of the molecule is Cc1nc(S[C@H](C)C(=O)Nc2cc(C(F)(F)F)ccc2Cl)c2c(C)c(C(=O)[O-])sc2n1. The van der Waals surface area contributed by atoms with Crippen LogP contribution in [0.1, 0.15) is 33.5 Å². The van der Waals surface area contributed by atoms with Crippen LogP contribution >= 0.6 is 34.7 Å². The van der Waals surface area contributed by atoms with Gasteiger partial charge < -0.3 is 15.2 Å². The molecule has 3 rings (SSSR count). The smallest absolute Gasteiger partial charge is 0.416 e. The Balaban J connectivity index is 1.88. The Morgan fingerprint density at radius 2 is 1.94 bits per heavy atom. The van der Waals surface area contributed by atoms with Crippen LogP contribution in [0, 0.1) is 13.8 Å². The molecular weight excluding hydrogens is 475 g/mol. The Bertz CT molecular complexity index is 1200. The number of amides is 1. The molecule has 0 aliphatic rings. The molecular formula is C19H14ClF3N3O3S2-. The van der Waals surface area contributed by atoms with Gasteiger partial charge in [-0.2, -0.15) is 13.2 Å². The molecule has 1 aromatic carbocycles. The highest BCUT2D eigenvalue weighted by Gasteiger charge is 2.31. The number of aromatic carboxylic acids is 1. The number of anilines is 1. The van der Waals surface area contributed by atoms with Crippen LogP contribution in [0.4, 0.5) is 18.9 Å². The number of benzene rings is 1. The lowest BCUT2D eigenvalue weighted by atomic mass is 10.2. The van der Waals surface area contributed by atoms with Crippen molar-refractivity contribution < 1.29 is 27.9 Å². The van der Waals surface area contributed by atoms with Crippen LogP contribution in [0.3, 0.4) is 0 Å². The maximum Gasteiger partial charge on any atom is 0.416 e. The largest absolute Gasteiger partial charge is 0.544 e. The average molecular weight is 489 g/mol. The number of alkyl halides is 3. The third kappa shape index (κ3) is 4.94. The van der Waals surface area contributed by atoms with Gasteiger partial charge in [0.15, 0.2) is 0 Å². The quantitative estimate of drug-likeness (QED) is 0.421. The number of halogens is 4. The van der Waals surface area contributed by atoms with Gasteiger partial charge in [0.05, 0.1) is 32.4 Å². The van der Waals surface area contributed by atoms with Gasteiger partial charge in [-0.05, 0) is 44.5 Å². The molecule has 1 amide bonds. The second-order valence-electron chi connectivity index (χ2n) is 6.54. The average Bonchev–Trinajstić information content (AvgIpc) is 2.99. The molecule has 2 heterocycles. The van der Waals surface area contributed by atoms with E-state index in [2.05, 4.69) is 15.3 Å². The first kappa shape index (κ1) is 23.3. The standard InChI is InChI=1S/C19H15ClF3N3O3S2/c1-7-13-16(24-9(3)25-17(13)31-14(7)18(28)29)30-8(2)15(27)26-12-6-10(19(21,22)23)4-5-11(12)20/h4-6,8H,1-3H3,(H,26,27)(H,28,29)/p-1/t8-/m1/s1. The number of hydrogen-bond acceptors (Lipinski definition) is 7. The molecule has 3 aromatic rings. The number of thioether (sulfide) groups is 1. The first-order chi connectivity index (χ1) is 14.4. The van der Waals surface area contributed by atoms with E-state index in [1.165, 1.54) is 0 Å². The molecule has 0 aliphatic heterocycles. The number of carbonyl (C=O) groups is 2. The Hall–Kier alpha value is -2.37. The van der Waals surface area contributed by atoms with Crippen LogP contribution in [0.15, 0.2) is 23.2 Å². The zero-order valence-electron chi connectivity index (χ0n) is 16.3. The molecule has 2 aromatic heterocycles. The van der Waals surface area contributed by atoms with Crippen LogP contribution in [0.5, 0.6) is 0 Å². The number of nitrogens with one attached hydrogen (secondary N) is 1. The Labute approximate surface area is 187 Å². The molecule has 1 atom stereocenters. The third-order valence-electron chi connectivity index (χ3n) is 4.26. The number of aryl methyl sites for hydroxylation is 2. The molecule has 164 valence electrons. The number of carboxylic acid groups (broad SMARTS) is 1. The van der Waals surface area contributed by atoms with Crippen molar-refractivity contribution in [2.75, 3.05) is 5.32 Å². The molecule has 0 saturated heterocycles. The molecule has 0 unspecified atom stereocenters. The Morgan fingerprint density at radius 1 is 1.26 bits per heavy atom. The van der Waals surface area contributed by atoms with E-state index in [0.717, 1.165) is 41.3 Å². The second-order valence-corrected chi connectivity index (χ2v) is 9.28. The third-order valence-corrected chi connectivity index (χ3v) is 6.84. The zero-order valence-corrected chi connectivity index (χ0v) is 18.6. The van der Waals surface area contributed by atoms with Crippen molar-refractivity contribution >= 4 is 62.5 Å². The Kier molecular flexibility index (Phi) is 6.49. The van der Waals surface area contributed by atoms with Gasteiger partial charge in [0, 0.05) is 5.39 Å². The minimum absolute atomic E-state index is 0.0182. The van der Waals surface area contributed by atoms with Gasteiger partial charge >= 0.3 is 6.18 Å². The number of carboxylic acids is 1. The van der Waals surface area contributed by atoms with Crippen LogP contribution < -0.4 is 10.4 Å². The van der Waals surface area contributed by atoms with E-state index in [-0.39, 0.29) is 15.6 Å². The van der Waals surface area contributed by atoms with E-state index >= 15 is 0 Å². The number of thiophene rings is 1. The van der Waals surface area contributed by atoms with Crippen LogP contribution in [0.2, 0.25) is 5.02 Å². The molecule has 0 fully saturated rings. The van der Waals surface area contributed by atoms with Crippen molar-refractivity contribution in [3.63, 3.8) is 0 Å². The highest BCUT2D eigenvalue weighted by Crippen LogP contribution is 2.38. The molecule has 12 heteroatoms. The summed E-state index contributed by atoms with van der Waals surface area (Å²) in [7, 11) is 0. The van der Waals surface area contributed by atoms with E-state index in [4.69, 9.17) is 11.6 Å². The van der Waals surface area contributed by atoms with E-state index in [1.54, 1.807) is 20.8 Å². The lowest BCUT2D eigenvalue weighted by Gasteiger charge is -2.15. The van der Waals surface area contributed by atoms with E-state index in [1.807, 2.05) is 0 Å². The fraction of sp³-hybridized carbons (Fsp3) is 0.263. The summed E-state index contributed by atoms with van der Waals surface area (Å²) in [5.41, 5.74) is -0.677. The Morgan fingerprint density at radius 3 is 2.55 bits per heavy atom. The minimum Gasteiger partial charge on any atom is -0.544 e. The summed E-state index contributed by atoms with van der Waals surface area (Å²) >= 11 is 7.93. The van der Waals surface area contributed by atoms with E-state index in [9.17, 15) is 27.9 Å². The first-order valence-electron chi connectivity index (χ1n) is 8.71. The molecule has 0 saturated carbocycles. The lowest BCUT2D eigenvalue weighted by Crippen LogP contribution is -2.23. The van der Waals surface area contributed by atoms with Crippen molar-refractivity contribution in [2.45, 2.75) is 37.2 Å². The summed E-state index contributed by atoms with van der Waals surface area (Å²) in [4.78, 5) is 33.0. The number of aromatic nitrogens is 2. The number of nitrogens with zero attached hydrogens (tertiary/aromatic N) is 2. The van der Waals surface area contributed by atoms with Gasteiger partial charge in [-0.15, -0.1) is 11.3 Å². The minimum atomic E-state index is -4.58. The molecule has 1 N–H and O–H groups in total. The van der Waals surface area contributed by atoms with Crippen molar-refractivity contribution in [2.24, 2.45) is 0 Å². The summed E-state index contributed by atoms with van der Waals surface area (Å²) in [6, 6.07) is 2.65. The van der Waals surface area contributed by atoms with Crippen LogP contribution in [0.25, 0.3) is 10.2 Å². The number of rotatable bonds is 5. The highest BCUT2D eigenvalue weighted by molar-refractivity contribution is 8.00. The first-order valence-corrected chi connectivity index (χ1v) is 10.8. The summed E-state index contributed by atoms with van der Waals surface area (Å²) < 4.78 is 38.8. The summed E-state index contributed by atoms with van der Waals surface area (Å²) in [6.07, 6.45) is -4.58. The van der Waals surface area contributed by atoms with E-state index < -0.39 is 28.9 Å². The van der Waals surface area contributed by atoms with Crippen LogP contribution in [-0.4, -0.2) is 27.1 Å². The molecule has 31 heavy (non-hydrogen) atoms. The molecule has 6 nitrogen and oxygen atoms in total. The fourth-order valence-electron chi connectivity index (χ4n) is 2.74. The predicted octanol–water partition coefficient (Wildman–Crippen LogP) is 4.46. The molecule has 0 aliphatic carbocycles. The van der Waals surface area contributed by atoms with Gasteiger partial charge in [-0.25, -0.2) is 9.97 Å². The molecule has 0 spiro atoms. The van der Waals surface area contributed by atoms with Crippen LogP contribution in [-0.2, 0) is 11.0 Å². The van der Waals surface area contributed by atoms with Gasteiger partial charge in [0.2, 0.25) is 5.91 Å². The van der Waals surface area contributed by atoms with Crippen molar-refractivity contribution in [3.05, 3.63) is 45.1 Å². The molecule has 0 radical (unpaired) electrons. The highest BCUT2D eigenvalue weighted by atomic mass is 35.5. The van der Waals surface area contributed by atoms with Gasteiger partial charge in [-0.3, -0.25) is 4.79 Å².